The van der Waals surface area contributed by atoms with Gasteiger partial charge < -0.3 is 20.0 Å². The fourth-order valence-corrected chi connectivity index (χ4v) is 3.72. The Balaban J connectivity index is 1.36. The number of nitrogens with zero attached hydrogens (tertiary/aromatic N) is 5. The molecule has 2 aliphatic rings. The molecular weight excluding hydrogens is 397 g/mol. The maximum absolute atomic E-state index is 13.8. The summed E-state index contributed by atoms with van der Waals surface area (Å²) in [6.45, 7) is 3.78. The van der Waals surface area contributed by atoms with Crippen LogP contribution in [0.15, 0.2) is 24.4 Å². The third-order valence-corrected chi connectivity index (χ3v) is 5.43. The minimum Gasteiger partial charge on any atom is -0.353 e. The summed E-state index contributed by atoms with van der Waals surface area (Å²) < 4.78 is 40.2. The molecule has 3 heterocycles. The fourth-order valence-electron chi connectivity index (χ4n) is 3.72. The zero-order chi connectivity index (χ0) is 21.1. The number of halogens is 3. The number of benzene rings is 1. The monoisotopic (exact) mass is 420 g/mol. The van der Waals surface area contributed by atoms with Crippen molar-refractivity contribution in [3.05, 3.63) is 41.8 Å². The van der Waals surface area contributed by atoms with E-state index in [0.29, 0.717) is 26.2 Å². The number of hydrogen-bond donors (Lipinski definition) is 1. The number of anilines is 3. The first-order valence-corrected chi connectivity index (χ1v) is 10.1. The van der Waals surface area contributed by atoms with Gasteiger partial charge in [0.05, 0.1) is 5.69 Å². The summed E-state index contributed by atoms with van der Waals surface area (Å²) in [5.41, 5.74) is -0.386. The van der Waals surface area contributed by atoms with E-state index in [0.717, 1.165) is 49.8 Å². The topological polar surface area (TPSA) is 64.6 Å². The van der Waals surface area contributed by atoms with Crippen LogP contribution in [0.25, 0.3) is 0 Å². The molecule has 2 fully saturated rings. The van der Waals surface area contributed by atoms with Gasteiger partial charge in [0.25, 0.3) is 0 Å². The van der Waals surface area contributed by atoms with Gasteiger partial charge in [0, 0.05) is 45.5 Å². The number of nitrogens with one attached hydrogen (secondary N) is 1. The highest BCUT2D eigenvalue weighted by Crippen LogP contribution is 2.22. The summed E-state index contributed by atoms with van der Waals surface area (Å²) in [5, 5.41) is 2.31. The molecule has 7 nitrogen and oxygen atoms in total. The zero-order valence-corrected chi connectivity index (χ0v) is 16.5. The molecule has 2 aromatic rings. The number of carbonyl (C=O) groups excluding carboxylic acids is 1. The molecule has 0 spiro atoms. The van der Waals surface area contributed by atoms with Crippen LogP contribution in [0.1, 0.15) is 19.3 Å². The maximum atomic E-state index is 13.8. The molecule has 0 unspecified atom stereocenters. The summed E-state index contributed by atoms with van der Waals surface area (Å²) in [6.07, 6.45) is 5.26. The Hall–Kier alpha value is -3.04. The molecule has 2 aliphatic heterocycles. The number of aromatic nitrogens is 2. The number of hydrogen-bond acceptors (Lipinski definition) is 5. The second-order valence-corrected chi connectivity index (χ2v) is 7.39. The Kier molecular flexibility index (Phi) is 5.91. The van der Waals surface area contributed by atoms with Gasteiger partial charge >= 0.3 is 6.03 Å². The molecule has 0 radical (unpaired) electrons. The Morgan fingerprint density at radius 2 is 1.60 bits per heavy atom. The normalized spacial score (nSPS) is 17.2. The quantitative estimate of drug-likeness (QED) is 0.773. The van der Waals surface area contributed by atoms with E-state index in [1.165, 1.54) is 11.3 Å². The van der Waals surface area contributed by atoms with Gasteiger partial charge in [-0.2, -0.15) is 4.98 Å². The number of piperidine rings is 1. The Bertz CT molecular complexity index is 913. The lowest BCUT2D eigenvalue weighted by Crippen LogP contribution is -2.50. The Labute approximate surface area is 172 Å². The van der Waals surface area contributed by atoms with Crippen LogP contribution in [0.4, 0.5) is 35.4 Å². The first kappa shape index (κ1) is 20.2. The van der Waals surface area contributed by atoms with Crippen molar-refractivity contribution in [2.75, 3.05) is 54.4 Å². The first-order chi connectivity index (χ1) is 14.5. The van der Waals surface area contributed by atoms with Crippen molar-refractivity contribution in [3.8, 4) is 0 Å². The van der Waals surface area contributed by atoms with E-state index in [-0.39, 0.29) is 5.69 Å². The van der Waals surface area contributed by atoms with Crippen molar-refractivity contribution in [1.82, 2.24) is 14.9 Å². The molecule has 2 amide bonds. The van der Waals surface area contributed by atoms with E-state index in [9.17, 15) is 18.0 Å². The lowest BCUT2D eigenvalue weighted by molar-refractivity contribution is 0.208. The van der Waals surface area contributed by atoms with E-state index >= 15 is 0 Å². The Morgan fingerprint density at radius 1 is 0.867 bits per heavy atom. The minimum absolute atomic E-state index is 0.386. The largest absolute Gasteiger partial charge is 0.353 e. The highest BCUT2D eigenvalue weighted by atomic mass is 19.2. The molecule has 1 aromatic heterocycles. The van der Waals surface area contributed by atoms with Gasteiger partial charge in [0.2, 0.25) is 5.95 Å². The number of urea groups is 1. The summed E-state index contributed by atoms with van der Waals surface area (Å²) in [4.78, 5) is 27.2. The van der Waals surface area contributed by atoms with Gasteiger partial charge in [0.15, 0.2) is 17.5 Å². The van der Waals surface area contributed by atoms with E-state index in [2.05, 4.69) is 25.1 Å². The SMILES string of the molecule is O=C(Nc1ccc(F)c(F)c1F)N1CCN(c2ccnc(N3CCCCC3)n2)CC1. The van der Waals surface area contributed by atoms with Crippen molar-refractivity contribution < 1.29 is 18.0 Å². The smallest absolute Gasteiger partial charge is 0.322 e. The van der Waals surface area contributed by atoms with Crippen molar-refractivity contribution in [3.63, 3.8) is 0 Å². The summed E-state index contributed by atoms with van der Waals surface area (Å²) in [7, 11) is 0. The summed E-state index contributed by atoms with van der Waals surface area (Å²) in [6, 6.07) is 3.07. The lowest BCUT2D eigenvalue weighted by atomic mass is 10.1. The van der Waals surface area contributed by atoms with Crippen LogP contribution in [0, 0.1) is 17.5 Å². The zero-order valence-electron chi connectivity index (χ0n) is 16.5. The predicted octanol–water partition coefficient (Wildman–Crippen LogP) is 3.24. The molecule has 0 bridgehead atoms. The van der Waals surface area contributed by atoms with Crippen LogP contribution in [0.2, 0.25) is 0 Å². The third kappa shape index (κ3) is 4.27. The number of carbonyl (C=O) groups is 1. The highest BCUT2D eigenvalue weighted by Gasteiger charge is 2.24. The molecule has 1 aromatic carbocycles. The molecule has 1 N–H and O–H groups in total. The van der Waals surface area contributed by atoms with Crippen LogP contribution in [-0.4, -0.2) is 60.2 Å². The second-order valence-electron chi connectivity index (χ2n) is 7.39. The third-order valence-electron chi connectivity index (χ3n) is 5.43. The number of piperazine rings is 1. The minimum atomic E-state index is -1.61. The van der Waals surface area contributed by atoms with E-state index in [4.69, 9.17) is 0 Å². The molecule has 160 valence electrons. The lowest BCUT2D eigenvalue weighted by Gasteiger charge is -2.35. The molecule has 0 atom stereocenters. The average molecular weight is 420 g/mol. The molecule has 30 heavy (non-hydrogen) atoms. The Morgan fingerprint density at radius 3 is 2.33 bits per heavy atom. The fraction of sp³-hybridized carbons (Fsp3) is 0.450. The van der Waals surface area contributed by atoms with Crippen molar-refractivity contribution in [2.24, 2.45) is 0 Å². The van der Waals surface area contributed by atoms with Crippen LogP contribution in [-0.2, 0) is 0 Å². The van der Waals surface area contributed by atoms with E-state index < -0.39 is 23.5 Å². The van der Waals surface area contributed by atoms with Gasteiger partial charge in [-0.3, -0.25) is 0 Å². The summed E-state index contributed by atoms with van der Waals surface area (Å²) in [5.74, 6) is -2.79. The van der Waals surface area contributed by atoms with E-state index in [1.54, 1.807) is 6.20 Å². The number of rotatable bonds is 3. The van der Waals surface area contributed by atoms with Crippen molar-refractivity contribution in [1.29, 1.82) is 0 Å². The van der Waals surface area contributed by atoms with Gasteiger partial charge in [-0.25, -0.2) is 22.9 Å². The number of amides is 2. The molecule has 10 heteroatoms. The van der Waals surface area contributed by atoms with Gasteiger partial charge in [0.1, 0.15) is 5.82 Å². The van der Waals surface area contributed by atoms with Crippen molar-refractivity contribution >= 4 is 23.5 Å². The van der Waals surface area contributed by atoms with E-state index in [1.807, 2.05) is 6.07 Å². The van der Waals surface area contributed by atoms with Crippen LogP contribution in [0.5, 0.6) is 0 Å². The standard InChI is InChI=1S/C20H23F3N6O/c21-14-4-5-15(18(23)17(14)22)25-20(30)29-12-10-27(11-13-29)16-6-7-24-19(26-16)28-8-2-1-3-9-28/h4-7H,1-3,8-13H2,(H,25,30). The summed E-state index contributed by atoms with van der Waals surface area (Å²) >= 11 is 0. The first-order valence-electron chi connectivity index (χ1n) is 10.1. The maximum Gasteiger partial charge on any atom is 0.322 e. The molecule has 2 saturated heterocycles. The van der Waals surface area contributed by atoms with Crippen LogP contribution >= 0.6 is 0 Å². The molecular formula is C20H23F3N6O. The molecule has 4 rings (SSSR count). The molecule has 0 saturated carbocycles. The van der Waals surface area contributed by atoms with Crippen LogP contribution < -0.4 is 15.1 Å². The van der Waals surface area contributed by atoms with Gasteiger partial charge in [-0.1, -0.05) is 0 Å². The van der Waals surface area contributed by atoms with Gasteiger partial charge in [-0.05, 0) is 37.5 Å². The average Bonchev–Trinajstić information content (AvgIpc) is 2.80. The second kappa shape index (κ2) is 8.76. The highest BCUT2D eigenvalue weighted by molar-refractivity contribution is 5.89. The van der Waals surface area contributed by atoms with Crippen molar-refractivity contribution in [2.45, 2.75) is 19.3 Å². The van der Waals surface area contributed by atoms with Gasteiger partial charge in [-0.15, -0.1) is 0 Å². The molecule has 0 aliphatic carbocycles. The predicted molar refractivity (Wildman–Crippen MR) is 107 cm³/mol. The van der Waals surface area contributed by atoms with Crippen LogP contribution in [0.3, 0.4) is 0 Å².